The van der Waals surface area contributed by atoms with Crippen molar-refractivity contribution < 1.29 is 0 Å². The molecule has 1 N–H and O–H groups in total. The zero-order chi connectivity index (χ0) is 8.84. The van der Waals surface area contributed by atoms with Gasteiger partial charge in [-0.05, 0) is 0 Å². The minimum Gasteiger partial charge on any atom is -0.291 e. The van der Waals surface area contributed by atoms with Crippen LogP contribution in [-0.2, 0) is 0 Å². The van der Waals surface area contributed by atoms with Gasteiger partial charge in [0.05, 0.1) is 0 Å². The topological polar surface area (TPSA) is 61.2 Å². The van der Waals surface area contributed by atoms with Crippen molar-refractivity contribution in [2.24, 2.45) is 0 Å². The summed E-state index contributed by atoms with van der Waals surface area (Å²) in [6.07, 6.45) is 5.52. The van der Waals surface area contributed by atoms with Crippen LogP contribution in [0.3, 0.4) is 0 Å². The van der Waals surface area contributed by atoms with E-state index in [-0.39, 0.29) is 5.43 Å². The third-order valence-corrected chi connectivity index (χ3v) is 2.18. The van der Waals surface area contributed by atoms with Crippen molar-refractivity contribution in [1.29, 1.82) is 0 Å². The number of aromatic nitrogens is 3. The van der Waals surface area contributed by atoms with Crippen molar-refractivity contribution in [2.45, 2.75) is 6.17 Å². The summed E-state index contributed by atoms with van der Waals surface area (Å²) in [6, 6.07) is 1.54. The van der Waals surface area contributed by atoms with E-state index in [2.05, 4.69) is 10.3 Å². The van der Waals surface area contributed by atoms with Crippen molar-refractivity contribution in [1.82, 2.24) is 19.5 Å². The lowest BCUT2D eigenvalue weighted by Crippen LogP contribution is -2.15. The molecule has 0 bridgehead atoms. The normalized spacial score (nSPS) is 20.8. The summed E-state index contributed by atoms with van der Waals surface area (Å²) >= 11 is 0. The average Bonchev–Trinajstić information content (AvgIpc) is 2.83. The molecule has 1 saturated heterocycles. The maximum absolute atomic E-state index is 11.3. The molecule has 0 radical (unpaired) electrons. The third-order valence-electron chi connectivity index (χ3n) is 2.18. The van der Waals surface area contributed by atoms with Gasteiger partial charge in [-0.3, -0.25) is 14.8 Å². The summed E-state index contributed by atoms with van der Waals surface area (Å²) in [7, 11) is 0. The second-order valence-corrected chi connectivity index (χ2v) is 3.08. The van der Waals surface area contributed by atoms with E-state index in [0.717, 1.165) is 6.54 Å². The Morgan fingerprint density at radius 2 is 2.38 bits per heavy atom. The number of hydrogen-bond donors (Lipinski definition) is 1. The first-order chi connectivity index (χ1) is 6.36. The maximum atomic E-state index is 11.3. The number of hydrogen-bond acceptors (Lipinski definition) is 3. The molecule has 0 aliphatic carbocycles. The van der Waals surface area contributed by atoms with E-state index in [1.54, 1.807) is 29.2 Å². The van der Waals surface area contributed by atoms with Gasteiger partial charge < -0.3 is 0 Å². The fourth-order valence-corrected chi connectivity index (χ4v) is 1.44. The van der Waals surface area contributed by atoms with Gasteiger partial charge in [0.15, 0.2) is 5.65 Å². The molecule has 0 amide bonds. The highest BCUT2D eigenvalue weighted by Crippen LogP contribution is 2.11. The number of fused-ring (bicyclic) bond motifs is 1. The Labute approximate surface area is 73.6 Å². The van der Waals surface area contributed by atoms with E-state index >= 15 is 0 Å². The van der Waals surface area contributed by atoms with E-state index in [1.807, 2.05) is 4.68 Å². The van der Waals surface area contributed by atoms with E-state index in [1.165, 1.54) is 0 Å². The van der Waals surface area contributed by atoms with Gasteiger partial charge in [0.25, 0.3) is 0 Å². The summed E-state index contributed by atoms with van der Waals surface area (Å²) in [5.41, 5.74) is 0.443. The van der Waals surface area contributed by atoms with Crippen molar-refractivity contribution in [2.75, 3.05) is 6.54 Å². The Hall–Kier alpha value is -1.62. The number of imidazole rings is 1. The van der Waals surface area contributed by atoms with Gasteiger partial charge in [-0.15, -0.1) is 0 Å². The molecule has 66 valence electrons. The van der Waals surface area contributed by atoms with Crippen LogP contribution in [-0.4, -0.2) is 20.7 Å². The molecule has 3 rings (SSSR count). The van der Waals surface area contributed by atoms with E-state index in [9.17, 15) is 4.79 Å². The molecular weight excluding hydrogens is 168 g/mol. The molecule has 13 heavy (non-hydrogen) atoms. The first kappa shape index (κ1) is 6.85. The van der Waals surface area contributed by atoms with Crippen LogP contribution in [0.5, 0.6) is 0 Å². The summed E-state index contributed by atoms with van der Waals surface area (Å²) in [6.45, 7) is 0.955. The summed E-state index contributed by atoms with van der Waals surface area (Å²) in [5.74, 6) is 0. The molecule has 5 nitrogen and oxygen atoms in total. The molecule has 1 atom stereocenters. The van der Waals surface area contributed by atoms with Crippen LogP contribution in [0.2, 0.25) is 0 Å². The lowest BCUT2D eigenvalue weighted by molar-refractivity contribution is 0.576. The smallest absolute Gasteiger partial charge is 0.224 e. The first-order valence-electron chi connectivity index (χ1n) is 4.14. The zero-order valence-corrected chi connectivity index (χ0v) is 6.84. The second-order valence-electron chi connectivity index (χ2n) is 3.08. The van der Waals surface area contributed by atoms with Gasteiger partial charge >= 0.3 is 0 Å². The number of nitrogens with one attached hydrogen (secondary N) is 1. The molecule has 3 heterocycles. The molecule has 0 aromatic carbocycles. The van der Waals surface area contributed by atoms with Gasteiger partial charge in [0, 0.05) is 31.2 Å². The van der Waals surface area contributed by atoms with Crippen molar-refractivity contribution in [3.8, 4) is 0 Å². The lowest BCUT2D eigenvalue weighted by atomic mass is 10.5. The Balaban J connectivity index is 2.40. The molecular formula is C8H8N4O. The summed E-state index contributed by atoms with van der Waals surface area (Å²) < 4.78 is 3.73. The standard InChI is InChI=1S/C8H8N4O/c13-6-1-3-11(7-5-10-7)12-4-2-9-8(6)12/h1-4,7,10H,5H2. The third kappa shape index (κ3) is 0.905. The molecule has 1 aliphatic rings. The lowest BCUT2D eigenvalue weighted by Gasteiger charge is -2.05. The molecule has 5 heteroatoms. The highest BCUT2D eigenvalue weighted by atomic mass is 16.1. The quantitative estimate of drug-likeness (QED) is 0.601. The van der Waals surface area contributed by atoms with Crippen LogP contribution in [0.1, 0.15) is 6.17 Å². The Morgan fingerprint density at radius 3 is 3.15 bits per heavy atom. The summed E-state index contributed by atoms with van der Waals surface area (Å²) in [4.78, 5) is 15.3. The first-order valence-corrected chi connectivity index (χ1v) is 4.14. The van der Waals surface area contributed by atoms with Gasteiger partial charge in [0.2, 0.25) is 5.43 Å². The molecule has 1 unspecified atom stereocenters. The molecule has 1 fully saturated rings. The fraction of sp³-hybridized carbons (Fsp3) is 0.250. The van der Waals surface area contributed by atoms with Crippen LogP contribution in [0.15, 0.2) is 29.5 Å². The van der Waals surface area contributed by atoms with Gasteiger partial charge in [-0.2, -0.15) is 0 Å². The molecule has 0 spiro atoms. The van der Waals surface area contributed by atoms with Gasteiger partial charge in [-0.25, -0.2) is 9.50 Å². The zero-order valence-electron chi connectivity index (χ0n) is 6.84. The molecule has 2 aromatic heterocycles. The predicted octanol–water partition coefficient (Wildman–Crippen LogP) is -0.402. The molecule has 0 saturated carbocycles. The maximum Gasteiger partial charge on any atom is 0.224 e. The average molecular weight is 176 g/mol. The fourth-order valence-electron chi connectivity index (χ4n) is 1.44. The number of nitrogens with zero attached hydrogens (tertiary/aromatic N) is 3. The van der Waals surface area contributed by atoms with Crippen molar-refractivity contribution >= 4 is 5.65 Å². The SMILES string of the molecule is O=c1ccn(C2CN2)n2ccnc12. The van der Waals surface area contributed by atoms with Crippen LogP contribution in [0.4, 0.5) is 0 Å². The van der Waals surface area contributed by atoms with Crippen LogP contribution in [0.25, 0.3) is 5.65 Å². The predicted molar refractivity (Wildman–Crippen MR) is 46.5 cm³/mol. The van der Waals surface area contributed by atoms with Crippen molar-refractivity contribution in [3.05, 3.63) is 34.9 Å². The molecule has 1 aliphatic heterocycles. The monoisotopic (exact) mass is 176 g/mol. The van der Waals surface area contributed by atoms with Crippen LogP contribution < -0.4 is 10.7 Å². The van der Waals surface area contributed by atoms with E-state index in [4.69, 9.17) is 0 Å². The van der Waals surface area contributed by atoms with Gasteiger partial charge in [0.1, 0.15) is 6.17 Å². The van der Waals surface area contributed by atoms with E-state index < -0.39 is 0 Å². The highest BCUT2D eigenvalue weighted by Gasteiger charge is 2.23. The van der Waals surface area contributed by atoms with Crippen molar-refractivity contribution in [3.63, 3.8) is 0 Å². The largest absolute Gasteiger partial charge is 0.291 e. The van der Waals surface area contributed by atoms with Crippen LogP contribution in [0, 0.1) is 0 Å². The minimum absolute atomic E-state index is 0.0399. The number of rotatable bonds is 1. The Kier molecular flexibility index (Phi) is 1.16. The Morgan fingerprint density at radius 1 is 1.54 bits per heavy atom. The highest BCUT2D eigenvalue weighted by molar-refractivity contribution is 5.35. The Bertz CT molecular complexity index is 508. The van der Waals surface area contributed by atoms with E-state index in [0.29, 0.717) is 11.8 Å². The molecule has 2 aromatic rings. The summed E-state index contributed by atoms with van der Waals surface area (Å²) in [5, 5.41) is 3.16. The van der Waals surface area contributed by atoms with Crippen LogP contribution >= 0.6 is 0 Å². The second kappa shape index (κ2) is 2.20. The van der Waals surface area contributed by atoms with Gasteiger partial charge in [-0.1, -0.05) is 0 Å². The minimum atomic E-state index is -0.0399.